The molecule has 6 nitrogen and oxygen atoms in total. The maximum absolute atomic E-state index is 12.6. The van der Waals surface area contributed by atoms with Crippen molar-refractivity contribution in [2.24, 2.45) is 5.73 Å². The van der Waals surface area contributed by atoms with Crippen LogP contribution in [0.15, 0.2) is 14.7 Å². The van der Waals surface area contributed by atoms with Gasteiger partial charge in [0.25, 0.3) is 0 Å². The fraction of sp³-hybridized carbons (Fsp3) is 0.636. The minimum atomic E-state index is -3.58. The summed E-state index contributed by atoms with van der Waals surface area (Å²) < 4.78 is 37.1. The van der Waals surface area contributed by atoms with E-state index in [0.29, 0.717) is 23.5 Å². The summed E-state index contributed by atoms with van der Waals surface area (Å²) in [5.74, 6) is 0. The lowest BCUT2D eigenvalue weighted by Gasteiger charge is -2.21. The number of methoxy groups -OCH3 is 2. The van der Waals surface area contributed by atoms with Crippen molar-refractivity contribution in [3.8, 4) is 0 Å². The van der Waals surface area contributed by atoms with Crippen LogP contribution in [0.25, 0.3) is 0 Å². The van der Waals surface area contributed by atoms with Crippen LogP contribution in [-0.4, -0.2) is 53.2 Å². The lowest BCUT2D eigenvalue weighted by molar-refractivity contribution is 0.150. The van der Waals surface area contributed by atoms with Gasteiger partial charge < -0.3 is 15.2 Å². The summed E-state index contributed by atoms with van der Waals surface area (Å²) in [6.07, 6.45) is 0. The second-order valence-corrected chi connectivity index (χ2v) is 8.31. The molecule has 0 aromatic carbocycles. The monoisotopic (exact) mass is 386 g/mol. The summed E-state index contributed by atoms with van der Waals surface area (Å²) in [5, 5.41) is 0. The molecule has 1 rings (SSSR count). The number of halogens is 1. The molecular formula is C11H19BrN2O4S2. The van der Waals surface area contributed by atoms with Crippen molar-refractivity contribution >= 4 is 37.3 Å². The molecule has 0 spiro atoms. The van der Waals surface area contributed by atoms with Gasteiger partial charge in [-0.15, -0.1) is 11.3 Å². The smallest absolute Gasteiger partial charge is 0.245 e. The SMILES string of the molecule is COCCN(CCOC)S(=O)(=O)c1cc(CN)sc1Br. The Morgan fingerprint density at radius 1 is 1.30 bits per heavy atom. The molecular weight excluding hydrogens is 368 g/mol. The molecule has 0 atom stereocenters. The molecule has 1 aromatic heterocycles. The number of nitrogens with two attached hydrogens (primary N) is 1. The first-order valence-corrected chi connectivity index (χ1v) is 8.98. The van der Waals surface area contributed by atoms with Crippen molar-refractivity contribution in [1.29, 1.82) is 0 Å². The van der Waals surface area contributed by atoms with E-state index in [-0.39, 0.29) is 18.0 Å². The van der Waals surface area contributed by atoms with E-state index < -0.39 is 10.0 Å². The Balaban J connectivity index is 3.03. The van der Waals surface area contributed by atoms with Crippen molar-refractivity contribution in [1.82, 2.24) is 4.31 Å². The number of sulfonamides is 1. The first-order valence-electron chi connectivity index (χ1n) is 5.93. The van der Waals surface area contributed by atoms with Crippen molar-refractivity contribution in [2.75, 3.05) is 40.5 Å². The largest absolute Gasteiger partial charge is 0.383 e. The van der Waals surface area contributed by atoms with Crippen LogP contribution in [0, 0.1) is 0 Å². The van der Waals surface area contributed by atoms with Gasteiger partial charge >= 0.3 is 0 Å². The molecule has 116 valence electrons. The molecule has 0 aliphatic carbocycles. The van der Waals surface area contributed by atoms with Crippen molar-refractivity contribution in [3.63, 3.8) is 0 Å². The average molecular weight is 387 g/mol. The highest BCUT2D eigenvalue weighted by Crippen LogP contribution is 2.33. The van der Waals surface area contributed by atoms with Gasteiger partial charge in [-0.3, -0.25) is 0 Å². The third kappa shape index (κ3) is 4.48. The molecule has 1 aromatic rings. The quantitative estimate of drug-likeness (QED) is 0.690. The Morgan fingerprint density at radius 2 is 1.85 bits per heavy atom. The van der Waals surface area contributed by atoms with Crippen LogP contribution >= 0.6 is 27.3 Å². The lowest BCUT2D eigenvalue weighted by Crippen LogP contribution is -2.36. The molecule has 0 amide bonds. The first-order chi connectivity index (χ1) is 9.47. The Hall–Kier alpha value is -0.0300. The van der Waals surface area contributed by atoms with E-state index in [1.54, 1.807) is 6.07 Å². The van der Waals surface area contributed by atoms with Gasteiger partial charge in [0.1, 0.15) is 4.90 Å². The molecule has 0 aliphatic heterocycles. The normalized spacial score (nSPS) is 12.2. The van der Waals surface area contributed by atoms with Crippen molar-refractivity contribution in [2.45, 2.75) is 11.4 Å². The van der Waals surface area contributed by atoms with Crippen LogP contribution in [0.4, 0.5) is 0 Å². The van der Waals surface area contributed by atoms with E-state index in [1.165, 1.54) is 29.9 Å². The summed E-state index contributed by atoms with van der Waals surface area (Å²) in [6.45, 7) is 1.53. The van der Waals surface area contributed by atoms with Crippen LogP contribution in [0.2, 0.25) is 0 Å². The van der Waals surface area contributed by atoms with E-state index in [2.05, 4.69) is 15.9 Å². The minimum absolute atomic E-state index is 0.246. The maximum Gasteiger partial charge on any atom is 0.245 e. The summed E-state index contributed by atoms with van der Waals surface area (Å²) in [4.78, 5) is 1.06. The van der Waals surface area contributed by atoms with E-state index in [1.807, 2.05) is 0 Å². The van der Waals surface area contributed by atoms with E-state index in [9.17, 15) is 8.42 Å². The average Bonchev–Trinajstić information content (AvgIpc) is 2.80. The Morgan fingerprint density at radius 3 is 2.25 bits per heavy atom. The zero-order valence-corrected chi connectivity index (χ0v) is 14.7. The summed E-state index contributed by atoms with van der Waals surface area (Å²) >= 11 is 4.62. The summed E-state index contributed by atoms with van der Waals surface area (Å²) in [6, 6.07) is 1.61. The van der Waals surface area contributed by atoms with Gasteiger partial charge in [-0.05, 0) is 22.0 Å². The molecule has 0 fully saturated rings. The second-order valence-electron chi connectivity index (χ2n) is 3.94. The molecule has 0 saturated carbocycles. The van der Waals surface area contributed by atoms with E-state index >= 15 is 0 Å². The predicted molar refractivity (Wildman–Crippen MR) is 82.4 cm³/mol. The molecule has 0 radical (unpaired) electrons. The lowest BCUT2D eigenvalue weighted by atomic mass is 10.5. The molecule has 1 heterocycles. The number of hydrogen-bond donors (Lipinski definition) is 1. The predicted octanol–water partition coefficient (Wildman–Crippen LogP) is 1.25. The Labute approximate surface area is 132 Å². The van der Waals surface area contributed by atoms with Crippen LogP contribution < -0.4 is 5.73 Å². The van der Waals surface area contributed by atoms with Gasteiger partial charge in [0.05, 0.1) is 17.0 Å². The van der Waals surface area contributed by atoms with Gasteiger partial charge in [-0.25, -0.2) is 8.42 Å². The number of nitrogens with zero attached hydrogens (tertiary/aromatic N) is 1. The Kier molecular flexibility index (Phi) is 7.59. The fourth-order valence-corrected chi connectivity index (χ4v) is 5.47. The third-order valence-electron chi connectivity index (χ3n) is 2.62. The van der Waals surface area contributed by atoms with Gasteiger partial charge in [-0.1, -0.05) is 0 Å². The van der Waals surface area contributed by atoms with Crippen LogP contribution in [0.3, 0.4) is 0 Å². The topological polar surface area (TPSA) is 81.9 Å². The number of ether oxygens (including phenoxy) is 2. The standard InChI is InChI=1S/C11H19BrN2O4S2/c1-17-5-3-14(4-6-18-2)20(15,16)10-7-9(8-13)19-11(10)12/h7H,3-6,8,13H2,1-2H3. The van der Waals surface area contributed by atoms with E-state index in [0.717, 1.165) is 4.88 Å². The number of rotatable bonds is 9. The third-order valence-corrected chi connectivity index (χ3v) is 6.79. The van der Waals surface area contributed by atoms with Gasteiger partial charge in [0.2, 0.25) is 10.0 Å². The maximum atomic E-state index is 12.6. The van der Waals surface area contributed by atoms with Gasteiger partial charge in [-0.2, -0.15) is 4.31 Å². The minimum Gasteiger partial charge on any atom is -0.383 e. The molecule has 20 heavy (non-hydrogen) atoms. The van der Waals surface area contributed by atoms with Crippen LogP contribution in [-0.2, 0) is 26.0 Å². The summed E-state index contributed by atoms with van der Waals surface area (Å²) in [5.41, 5.74) is 5.55. The van der Waals surface area contributed by atoms with Gasteiger partial charge in [0, 0.05) is 38.7 Å². The van der Waals surface area contributed by atoms with Gasteiger partial charge in [0.15, 0.2) is 0 Å². The first kappa shape index (κ1) is 18.0. The van der Waals surface area contributed by atoms with Crippen LogP contribution in [0.1, 0.15) is 4.88 Å². The zero-order chi connectivity index (χ0) is 15.2. The molecule has 0 aliphatic rings. The second kappa shape index (κ2) is 8.42. The molecule has 0 unspecified atom stereocenters. The van der Waals surface area contributed by atoms with Crippen LogP contribution in [0.5, 0.6) is 0 Å². The molecule has 0 bridgehead atoms. The Bertz CT molecular complexity index is 510. The highest BCUT2D eigenvalue weighted by molar-refractivity contribution is 9.11. The molecule has 9 heteroatoms. The number of thiophene rings is 1. The zero-order valence-electron chi connectivity index (χ0n) is 11.5. The van der Waals surface area contributed by atoms with E-state index in [4.69, 9.17) is 15.2 Å². The molecule has 2 N–H and O–H groups in total. The van der Waals surface area contributed by atoms with Crippen molar-refractivity contribution in [3.05, 3.63) is 14.7 Å². The number of hydrogen-bond acceptors (Lipinski definition) is 6. The summed E-state index contributed by atoms with van der Waals surface area (Å²) in [7, 11) is -0.512. The highest BCUT2D eigenvalue weighted by atomic mass is 79.9. The fourth-order valence-electron chi connectivity index (χ4n) is 1.55. The molecule has 0 saturated heterocycles. The van der Waals surface area contributed by atoms with Crippen molar-refractivity contribution < 1.29 is 17.9 Å². The highest BCUT2D eigenvalue weighted by Gasteiger charge is 2.27.